The molecule has 0 bridgehead atoms. The van der Waals surface area contributed by atoms with Crippen molar-refractivity contribution in [1.29, 1.82) is 0 Å². The van der Waals surface area contributed by atoms with Crippen LogP contribution in [0, 0.1) is 11.8 Å². The lowest BCUT2D eigenvalue weighted by Gasteiger charge is -2.28. The van der Waals surface area contributed by atoms with Crippen molar-refractivity contribution >= 4 is 56.8 Å². The topological polar surface area (TPSA) is 236 Å². The Hall–Kier alpha value is -4.91. The van der Waals surface area contributed by atoms with Crippen LogP contribution < -0.4 is 31.1 Å². The van der Waals surface area contributed by atoms with Crippen molar-refractivity contribution in [3.8, 4) is 6.01 Å². The van der Waals surface area contributed by atoms with Gasteiger partial charge in [-0.05, 0) is 78.4 Å². The molecule has 2 aliphatic rings. The van der Waals surface area contributed by atoms with Crippen molar-refractivity contribution in [3.63, 3.8) is 0 Å². The molecule has 18 nitrogen and oxygen atoms in total. The molecule has 4 rings (SSSR count). The van der Waals surface area contributed by atoms with Crippen molar-refractivity contribution in [2.75, 3.05) is 33.0 Å². The first-order valence-corrected chi connectivity index (χ1v) is 20.3. The maximum atomic E-state index is 14.2. The summed E-state index contributed by atoms with van der Waals surface area (Å²) in [6.07, 6.45) is 6.17. The summed E-state index contributed by atoms with van der Waals surface area (Å²) in [5.41, 5.74) is 6.71. The molecule has 310 valence electrons. The minimum atomic E-state index is -3.83. The number of nitrogens with zero attached hydrogens (tertiary/aromatic N) is 4. The highest BCUT2D eigenvalue weighted by atomic mass is 32.2. The number of hydrogen-bond donors (Lipinski definition) is 5. The third kappa shape index (κ3) is 11.6. The van der Waals surface area contributed by atoms with Gasteiger partial charge in [-0.3, -0.25) is 19.0 Å². The number of para-hydroxylation sites is 1. The van der Waals surface area contributed by atoms with E-state index in [-0.39, 0.29) is 43.3 Å². The predicted molar refractivity (Wildman–Crippen MR) is 210 cm³/mol. The van der Waals surface area contributed by atoms with Gasteiger partial charge in [0.2, 0.25) is 17.7 Å². The number of nitrogens with one attached hydrogen (secondary N) is 4. The van der Waals surface area contributed by atoms with Gasteiger partial charge in [0.15, 0.2) is 0 Å². The number of carbonyl (C=O) groups excluding carboxylic acids is 5. The minimum absolute atomic E-state index is 0.00956. The molecule has 2 heterocycles. The van der Waals surface area contributed by atoms with Crippen molar-refractivity contribution in [2.45, 2.75) is 109 Å². The Morgan fingerprint density at radius 2 is 1.80 bits per heavy atom. The van der Waals surface area contributed by atoms with Crippen LogP contribution in [0.15, 0.2) is 30.4 Å². The SMILES string of the molecule is CNC(=O)Nc1cccc2c1nc(OC1CC(C(N)=O)N(C(=O)C(CCCCCC=CC3CC3C(=O)NS(=O)(=O)N(C)C)NC(=O)OC(C)(C)C)C1)n2C(C)C. The van der Waals surface area contributed by atoms with Crippen LogP contribution in [-0.4, -0.2) is 108 Å². The molecule has 1 aliphatic heterocycles. The maximum absolute atomic E-state index is 14.2. The molecule has 5 unspecified atom stereocenters. The average Bonchev–Trinajstić information content (AvgIpc) is 3.59. The maximum Gasteiger partial charge on any atom is 0.408 e. The largest absolute Gasteiger partial charge is 0.459 e. The molecule has 6 amide bonds. The number of imidazole rings is 1. The van der Waals surface area contributed by atoms with Crippen LogP contribution in [0.4, 0.5) is 15.3 Å². The standard InChI is InChI=1S/C37H57N9O9S/c1-22(2)46-28-18-14-17-26(40-34(50)39-6)30(28)42-35(46)54-24-20-29(31(38)47)45(21-24)33(49)27(41-36(51)55-37(3,4)5)16-13-11-9-10-12-15-23-19-25(23)32(48)43-56(52,53)44(7)8/h12,14-15,17-18,22-25,27,29H,9-11,13,16,19-21H2,1-8H3,(H2,38,47)(H,41,51)(H,43,48)(H2,39,40,50). The van der Waals surface area contributed by atoms with Crippen LogP contribution in [0.25, 0.3) is 11.0 Å². The number of unbranched alkanes of at least 4 members (excludes halogenated alkanes) is 3. The number of carbonyl (C=O) groups is 5. The number of amides is 6. The fraction of sp³-hybridized carbons (Fsp3) is 0.622. The predicted octanol–water partition coefficient (Wildman–Crippen LogP) is 3.16. The Labute approximate surface area is 328 Å². The normalized spacial score (nSPS) is 20.3. The minimum Gasteiger partial charge on any atom is -0.459 e. The highest BCUT2D eigenvalue weighted by molar-refractivity contribution is 7.87. The van der Waals surface area contributed by atoms with Gasteiger partial charge in [0.05, 0.1) is 17.7 Å². The fourth-order valence-corrected chi connectivity index (χ4v) is 7.09. The lowest BCUT2D eigenvalue weighted by atomic mass is 10.0. The molecule has 1 saturated carbocycles. The van der Waals surface area contributed by atoms with E-state index in [2.05, 4.69) is 20.7 Å². The first kappa shape index (κ1) is 43.8. The molecule has 0 spiro atoms. The summed E-state index contributed by atoms with van der Waals surface area (Å²) in [5, 5.41) is 8.00. The molecule has 2 aromatic rings. The van der Waals surface area contributed by atoms with E-state index >= 15 is 0 Å². The van der Waals surface area contributed by atoms with Crippen molar-refractivity contribution in [1.82, 2.24) is 34.1 Å². The van der Waals surface area contributed by atoms with E-state index in [9.17, 15) is 32.4 Å². The van der Waals surface area contributed by atoms with E-state index in [1.165, 1.54) is 26.0 Å². The number of aromatic nitrogens is 2. The lowest BCUT2D eigenvalue weighted by Crippen LogP contribution is -2.53. The molecule has 1 saturated heterocycles. The lowest BCUT2D eigenvalue weighted by molar-refractivity contribution is -0.139. The van der Waals surface area contributed by atoms with E-state index in [1.807, 2.05) is 36.6 Å². The van der Waals surface area contributed by atoms with Gasteiger partial charge < -0.3 is 36.1 Å². The summed E-state index contributed by atoms with van der Waals surface area (Å²) >= 11 is 0. The van der Waals surface area contributed by atoms with Gasteiger partial charge in [-0.25, -0.2) is 14.3 Å². The van der Waals surface area contributed by atoms with Gasteiger partial charge in [0.25, 0.3) is 6.01 Å². The number of ether oxygens (including phenoxy) is 2. The van der Waals surface area contributed by atoms with Gasteiger partial charge in [0.1, 0.15) is 29.3 Å². The van der Waals surface area contributed by atoms with Crippen molar-refractivity contribution < 1.29 is 41.9 Å². The number of benzene rings is 1. The van der Waals surface area contributed by atoms with E-state index in [0.29, 0.717) is 36.9 Å². The van der Waals surface area contributed by atoms with E-state index < -0.39 is 63.8 Å². The number of hydrogen-bond acceptors (Lipinski definition) is 10. The quantitative estimate of drug-likeness (QED) is 0.116. The van der Waals surface area contributed by atoms with Crippen LogP contribution in [0.1, 0.15) is 85.6 Å². The van der Waals surface area contributed by atoms with Crippen LogP contribution in [0.5, 0.6) is 6.01 Å². The Balaban J connectivity index is 1.41. The summed E-state index contributed by atoms with van der Waals surface area (Å²) < 4.78 is 40.6. The monoisotopic (exact) mass is 803 g/mol. The second-order valence-electron chi connectivity index (χ2n) is 15.6. The first-order chi connectivity index (χ1) is 26.2. The number of anilines is 1. The van der Waals surface area contributed by atoms with Gasteiger partial charge in [-0.15, -0.1) is 0 Å². The summed E-state index contributed by atoms with van der Waals surface area (Å²) in [6.45, 7) is 9.07. The number of nitrogens with two attached hydrogens (primary N) is 1. The number of primary amides is 1. The number of fused-ring (bicyclic) bond motifs is 1. The summed E-state index contributed by atoms with van der Waals surface area (Å²) in [5.74, 6) is -2.12. The summed E-state index contributed by atoms with van der Waals surface area (Å²) in [7, 11) is 0.373. The summed E-state index contributed by atoms with van der Waals surface area (Å²) in [4.78, 5) is 70.2. The number of alkyl carbamates (subject to hydrolysis) is 1. The Bertz CT molecular complexity index is 1910. The molecule has 19 heteroatoms. The van der Waals surface area contributed by atoms with Gasteiger partial charge in [-0.1, -0.05) is 31.1 Å². The van der Waals surface area contributed by atoms with Crippen LogP contribution in [0.2, 0.25) is 0 Å². The molecule has 56 heavy (non-hydrogen) atoms. The summed E-state index contributed by atoms with van der Waals surface area (Å²) in [6, 6.07) is 3.11. The molecule has 1 aromatic carbocycles. The highest BCUT2D eigenvalue weighted by Crippen LogP contribution is 2.40. The Kier molecular flexibility index (Phi) is 14.4. The zero-order valence-corrected chi connectivity index (χ0v) is 34.3. The number of rotatable bonds is 17. The Morgan fingerprint density at radius 3 is 2.43 bits per heavy atom. The van der Waals surface area contributed by atoms with E-state index in [1.54, 1.807) is 32.9 Å². The number of likely N-dealkylation sites (tertiary alicyclic amines) is 1. The number of allylic oxidation sites excluding steroid dienone is 2. The van der Waals surface area contributed by atoms with Crippen LogP contribution in [0.3, 0.4) is 0 Å². The zero-order chi connectivity index (χ0) is 41.5. The molecule has 2 fully saturated rings. The van der Waals surface area contributed by atoms with E-state index in [4.69, 9.17) is 20.2 Å². The van der Waals surface area contributed by atoms with Crippen molar-refractivity contribution in [2.24, 2.45) is 17.6 Å². The third-order valence-corrected chi connectivity index (χ3v) is 10.9. The second kappa shape index (κ2) is 18.4. The molecule has 5 atom stereocenters. The zero-order valence-electron chi connectivity index (χ0n) is 33.5. The van der Waals surface area contributed by atoms with Crippen LogP contribution >= 0.6 is 0 Å². The smallest absolute Gasteiger partial charge is 0.408 e. The molecule has 0 radical (unpaired) electrons. The third-order valence-electron chi connectivity index (χ3n) is 9.45. The van der Waals surface area contributed by atoms with Gasteiger partial charge in [0, 0.05) is 39.5 Å². The van der Waals surface area contributed by atoms with E-state index in [0.717, 1.165) is 16.2 Å². The average molecular weight is 804 g/mol. The Morgan fingerprint density at radius 1 is 1.09 bits per heavy atom. The first-order valence-electron chi connectivity index (χ1n) is 18.9. The van der Waals surface area contributed by atoms with Crippen LogP contribution in [-0.2, 0) is 29.3 Å². The fourth-order valence-electron chi connectivity index (χ4n) is 6.50. The highest BCUT2D eigenvalue weighted by Gasteiger charge is 2.44. The number of urea groups is 1. The van der Waals surface area contributed by atoms with Crippen molar-refractivity contribution in [3.05, 3.63) is 30.4 Å². The molecular formula is C37H57N9O9S. The molecule has 6 N–H and O–H groups in total. The second-order valence-corrected chi connectivity index (χ2v) is 17.5. The van der Waals surface area contributed by atoms with Gasteiger partial charge >= 0.3 is 22.3 Å². The van der Waals surface area contributed by atoms with Gasteiger partial charge in [-0.2, -0.15) is 17.7 Å². The molecule has 1 aromatic heterocycles. The molecular weight excluding hydrogens is 747 g/mol. The molecule has 1 aliphatic carbocycles.